The zero-order valence-corrected chi connectivity index (χ0v) is 12.9. The average molecular weight is 278 g/mol. The van der Waals surface area contributed by atoms with E-state index in [1.807, 2.05) is 19.1 Å². The van der Waals surface area contributed by atoms with Gasteiger partial charge in [0.25, 0.3) is 0 Å². The van der Waals surface area contributed by atoms with E-state index in [9.17, 15) is 0 Å². The van der Waals surface area contributed by atoms with Gasteiger partial charge in [0.05, 0.1) is 12.1 Å². The van der Waals surface area contributed by atoms with Crippen molar-refractivity contribution in [2.45, 2.75) is 46.1 Å². The van der Waals surface area contributed by atoms with Crippen LogP contribution in [0.2, 0.25) is 0 Å². The second kappa shape index (κ2) is 5.37. The number of nitrogens with one attached hydrogen (secondary N) is 1. The number of hydrogen-bond donors (Lipinski definition) is 1. The zero-order chi connectivity index (χ0) is 14.0. The number of para-hydroxylation sites is 1. The van der Waals surface area contributed by atoms with Crippen molar-refractivity contribution >= 4 is 23.3 Å². The minimum Gasteiger partial charge on any atom is -0.492 e. The van der Waals surface area contributed by atoms with Crippen LogP contribution in [0.1, 0.15) is 40.5 Å². The lowest BCUT2D eigenvalue weighted by Gasteiger charge is -2.27. The first-order chi connectivity index (χ1) is 9.01. The molecule has 0 unspecified atom stereocenters. The molecule has 0 atom stereocenters. The normalized spacial score (nSPS) is 12.0. The zero-order valence-electron chi connectivity index (χ0n) is 12.1. The van der Waals surface area contributed by atoms with Gasteiger partial charge in [-0.05, 0) is 51.5 Å². The number of imidazole rings is 1. The van der Waals surface area contributed by atoms with Crippen LogP contribution in [-0.2, 0) is 5.54 Å². The first kappa shape index (κ1) is 14.1. The Labute approximate surface area is 119 Å². The van der Waals surface area contributed by atoms with Crippen molar-refractivity contribution in [3.8, 4) is 5.75 Å². The summed E-state index contributed by atoms with van der Waals surface area (Å²) < 4.78 is 8.65. The summed E-state index contributed by atoms with van der Waals surface area (Å²) in [4.78, 5) is 3.30. The molecule has 0 aliphatic carbocycles. The summed E-state index contributed by atoms with van der Waals surface area (Å²) in [5.74, 6) is 0.872. The van der Waals surface area contributed by atoms with Crippen LogP contribution in [0.3, 0.4) is 0 Å². The van der Waals surface area contributed by atoms with Crippen LogP contribution < -0.4 is 4.74 Å². The van der Waals surface area contributed by atoms with E-state index in [0.717, 1.165) is 34.4 Å². The van der Waals surface area contributed by atoms with Crippen molar-refractivity contribution in [2.75, 3.05) is 6.61 Å². The fourth-order valence-electron chi connectivity index (χ4n) is 2.70. The highest BCUT2D eigenvalue weighted by Crippen LogP contribution is 2.31. The van der Waals surface area contributed by atoms with Gasteiger partial charge in [0.15, 0.2) is 4.77 Å². The Morgan fingerprint density at radius 1 is 1.32 bits per heavy atom. The smallest absolute Gasteiger partial charge is 0.178 e. The first-order valence-electron chi connectivity index (χ1n) is 6.88. The van der Waals surface area contributed by atoms with E-state index in [1.165, 1.54) is 0 Å². The molecule has 0 bridgehead atoms. The lowest BCUT2D eigenvalue weighted by atomic mass is 9.98. The van der Waals surface area contributed by atoms with Crippen molar-refractivity contribution in [3.63, 3.8) is 0 Å². The SMILES string of the molecule is CCCC(C)(C)n1c(=S)[nH]c2c(OCC)cccc21. The van der Waals surface area contributed by atoms with Crippen molar-refractivity contribution < 1.29 is 4.74 Å². The van der Waals surface area contributed by atoms with E-state index in [-0.39, 0.29) is 5.54 Å². The number of hydrogen-bond acceptors (Lipinski definition) is 2. The van der Waals surface area contributed by atoms with E-state index < -0.39 is 0 Å². The molecule has 2 rings (SSSR count). The van der Waals surface area contributed by atoms with Crippen LogP contribution in [0, 0.1) is 4.77 Å². The largest absolute Gasteiger partial charge is 0.492 e. The fraction of sp³-hybridized carbons (Fsp3) is 0.533. The molecular weight excluding hydrogens is 256 g/mol. The molecule has 104 valence electrons. The molecule has 0 aliphatic heterocycles. The second-order valence-corrected chi connectivity index (χ2v) is 5.80. The Bertz CT molecular complexity index is 625. The highest BCUT2D eigenvalue weighted by molar-refractivity contribution is 7.71. The fourth-order valence-corrected chi connectivity index (χ4v) is 3.15. The Morgan fingerprint density at radius 3 is 2.68 bits per heavy atom. The lowest BCUT2D eigenvalue weighted by molar-refractivity contribution is 0.329. The number of nitrogens with zero attached hydrogens (tertiary/aromatic N) is 1. The summed E-state index contributed by atoms with van der Waals surface area (Å²) in [6.45, 7) is 9.31. The average Bonchev–Trinajstić information content (AvgIpc) is 2.67. The molecule has 1 aromatic heterocycles. The minimum absolute atomic E-state index is 0.00885. The van der Waals surface area contributed by atoms with Gasteiger partial charge >= 0.3 is 0 Å². The Morgan fingerprint density at radius 2 is 2.05 bits per heavy atom. The van der Waals surface area contributed by atoms with Crippen molar-refractivity contribution in [2.24, 2.45) is 0 Å². The first-order valence-corrected chi connectivity index (χ1v) is 7.29. The van der Waals surface area contributed by atoms with Gasteiger partial charge in [-0.25, -0.2) is 0 Å². The number of benzene rings is 1. The molecule has 2 aromatic rings. The molecule has 0 fully saturated rings. The number of H-pyrrole nitrogens is 1. The maximum atomic E-state index is 5.67. The molecule has 0 saturated carbocycles. The van der Waals surface area contributed by atoms with E-state index in [2.05, 4.69) is 36.4 Å². The molecule has 0 amide bonds. The number of aromatic amines is 1. The number of fused-ring (bicyclic) bond motifs is 1. The molecular formula is C15H22N2OS. The monoisotopic (exact) mass is 278 g/mol. The molecule has 0 spiro atoms. The lowest BCUT2D eigenvalue weighted by Crippen LogP contribution is -2.25. The standard InChI is InChI=1S/C15H22N2OS/c1-5-10-15(3,4)17-11-8-7-9-12(18-6-2)13(11)16-14(17)19/h7-9H,5-6,10H2,1-4H3,(H,16,19). The summed E-state index contributed by atoms with van der Waals surface area (Å²) in [5, 5.41) is 0. The molecule has 0 radical (unpaired) electrons. The molecule has 19 heavy (non-hydrogen) atoms. The predicted molar refractivity (Wildman–Crippen MR) is 82.5 cm³/mol. The second-order valence-electron chi connectivity index (χ2n) is 5.41. The van der Waals surface area contributed by atoms with Gasteiger partial charge in [-0.2, -0.15) is 0 Å². The molecule has 0 aliphatic rings. The summed E-state index contributed by atoms with van der Waals surface area (Å²) >= 11 is 5.51. The number of ether oxygens (including phenoxy) is 1. The number of aromatic nitrogens is 2. The molecule has 3 nitrogen and oxygen atoms in total. The third-order valence-corrected chi connectivity index (χ3v) is 3.73. The van der Waals surface area contributed by atoms with E-state index in [4.69, 9.17) is 17.0 Å². The van der Waals surface area contributed by atoms with Gasteiger partial charge < -0.3 is 14.3 Å². The van der Waals surface area contributed by atoms with Crippen molar-refractivity contribution in [3.05, 3.63) is 23.0 Å². The molecule has 0 saturated heterocycles. The number of rotatable bonds is 5. The van der Waals surface area contributed by atoms with E-state index in [0.29, 0.717) is 6.61 Å². The summed E-state index contributed by atoms with van der Waals surface area (Å²) in [6.07, 6.45) is 2.22. The van der Waals surface area contributed by atoms with Gasteiger partial charge in [0, 0.05) is 5.54 Å². The maximum absolute atomic E-state index is 5.67. The molecule has 1 N–H and O–H groups in total. The van der Waals surface area contributed by atoms with Crippen molar-refractivity contribution in [1.29, 1.82) is 0 Å². The minimum atomic E-state index is 0.00885. The summed E-state index contributed by atoms with van der Waals surface area (Å²) in [7, 11) is 0. The molecule has 1 aromatic carbocycles. The van der Waals surface area contributed by atoms with Crippen LogP contribution in [0.4, 0.5) is 0 Å². The summed E-state index contributed by atoms with van der Waals surface area (Å²) in [5.41, 5.74) is 2.13. The van der Waals surface area contributed by atoms with Gasteiger partial charge in [-0.3, -0.25) is 0 Å². The quantitative estimate of drug-likeness (QED) is 0.808. The van der Waals surface area contributed by atoms with Gasteiger partial charge in [-0.15, -0.1) is 0 Å². The Kier molecular flexibility index (Phi) is 3.99. The van der Waals surface area contributed by atoms with Crippen LogP contribution >= 0.6 is 12.2 Å². The molecule has 4 heteroatoms. The van der Waals surface area contributed by atoms with Crippen LogP contribution in [0.15, 0.2) is 18.2 Å². The van der Waals surface area contributed by atoms with Crippen LogP contribution in [-0.4, -0.2) is 16.2 Å². The van der Waals surface area contributed by atoms with Gasteiger partial charge in [-0.1, -0.05) is 19.4 Å². The van der Waals surface area contributed by atoms with Gasteiger partial charge in [0.2, 0.25) is 0 Å². The molecule has 1 heterocycles. The predicted octanol–water partition coefficient (Wildman–Crippen LogP) is 4.63. The maximum Gasteiger partial charge on any atom is 0.178 e. The van der Waals surface area contributed by atoms with Gasteiger partial charge in [0.1, 0.15) is 11.3 Å². The highest BCUT2D eigenvalue weighted by Gasteiger charge is 2.23. The highest BCUT2D eigenvalue weighted by atomic mass is 32.1. The third kappa shape index (κ3) is 2.54. The van der Waals surface area contributed by atoms with E-state index >= 15 is 0 Å². The Hall–Kier alpha value is -1.29. The Balaban J connectivity index is 2.66. The van der Waals surface area contributed by atoms with Crippen LogP contribution in [0.25, 0.3) is 11.0 Å². The van der Waals surface area contributed by atoms with Crippen LogP contribution in [0.5, 0.6) is 5.75 Å². The summed E-state index contributed by atoms with van der Waals surface area (Å²) in [6, 6.07) is 6.10. The topological polar surface area (TPSA) is 29.9 Å². The van der Waals surface area contributed by atoms with Crippen molar-refractivity contribution in [1.82, 2.24) is 9.55 Å². The van der Waals surface area contributed by atoms with E-state index in [1.54, 1.807) is 0 Å². The third-order valence-electron chi connectivity index (χ3n) is 3.45.